The molecule has 3 fully saturated rings. The van der Waals surface area contributed by atoms with Crippen molar-refractivity contribution in [2.24, 2.45) is 5.41 Å². The maximum atomic E-state index is 12.3. The van der Waals surface area contributed by atoms with Crippen molar-refractivity contribution in [3.05, 3.63) is 17.0 Å². The number of hydrogen-bond acceptors (Lipinski definition) is 4. The van der Waals surface area contributed by atoms with Crippen LogP contribution in [0.2, 0.25) is 0 Å². The molecule has 4 aliphatic rings. The van der Waals surface area contributed by atoms with Crippen LogP contribution in [0.3, 0.4) is 0 Å². The van der Waals surface area contributed by atoms with Crippen LogP contribution in [0.15, 0.2) is 0 Å². The first-order valence-electron chi connectivity index (χ1n) is 10.5. The molecular formula is C21H34N4O2. The first-order chi connectivity index (χ1) is 12.7. The van der Waals surface area contributed by atoms with E-state index in [1.165, 1.54) is 17.0 Å². The molecule has 0 radical (unpaired) electrons. The largest absolute Gasteiger partial charge is 0.444 e. The van der Waals surface area contributed by atoms with Gasteiger partial charge in [0.2, 0.25) is 0 Å². The Bertz CT molecular complexity index is 707. The number of carbonyl (C=O) groups is 1. The van der Waals surface area contributed by atoms with E-state index in [0.29, 0.717) is 5.41 Å². The van der Waals surface area contributed by atoms with Crippen molar-refractivity contribution >= 4 is 6.09 Å². The second kappa shape index (κ2) is 6.50. The summed E-state index contributed by atoms with van der Waals surface area (Å²) in [6.45, 7) is 10.9. The molecule has 0 unspecified atom stereocenters. The molecular weight excluding hydrogens is 340 g/mol. The molecule has 0 aromatic carbocycles. The maximum absolute atomic E-state index is 12.3. The van der Waals surface area contributed by atoms with Crippen molar-refractivity contribution < 1.29 is 9.53 Å². The van der Waals surface area contributed by atoms with Gasteiger partial charge in [-0.2, -0.15) is 5.10 Å². The Kier molecular flexibility index (Phi) is 4.53. The lowest BCUT2D eigenvalue weighted by molar-refractivity contribution is -0.00520. The lowest BCUT2D eigenvalue weighted by Crippen LogP contribution is -2.58. The van der Waals surface area contributed by atoms with E-state index in [0.717, 1.165) is 64.6 Å². The summed E-state index contributed by atoms with van der Waals surface area (Å²) >= 11 is 0. The summed E-state index contributed by atoms with van der Waals surface area (Å²) in [5.41, 5.74) is 3.86. The highest BCUT2D eigenvalue weighted by atomic mass is 16.6. The third kappa shape index (κ3) is 3.73. The summed E-state index contributed by atoms with van der Waals surface area (Å²) in [4.78, 5) is 12.3. The molecule has 150 valence electrons. The lowest BCUT2D eigenvalue weighted by atomic mass is 9.57. The van der Waals surface area contributed by atoms with Crippen molar-refractivity contribution in [1.29, 1.82) is 0 Å². The molecule has 6 heteroatoms. The van der Waals surface area contributed by atoms with Crippen LogP contribution < -0.4 is 10.6 Å². The molecule has 1 amide bonds. The molecule has 2 bridgehead atoms. The average Bonchev–Trinajstić information content (AvgIpc) is 2.91. The zero-order valence-corrected chi connectivity index (χ0v) is 17.3. The van der Waals surface area contributed by atoms with Gasteiger partial charge >= 0.3 is 6.09 Å². The normalized spacial score (nSPS) is 30.1. The van der Waals surface area contributed by atoms with E-state index in [2.05, 4.69) is 22.2 Å². The molecule has 2 N–H and O–H groups in total. The molecule has 3 aliphatic carbocycles. The summed E-state index contributed by atoms with van der Waals surface area (Å²) in [6, 6.07) is 0. The fraction of sp³-hybridized carbons (Fsp3) is 0.810. The second-order valence-electron chi connectivity index (χ2n) is 10.0. The van der Waals surface area contributed by atoms with E-state index >= 15 is 0 Å². The molecule has 6 nitrogen and oxygen atoms in total. The van der Waals surface area contributed by atoms with Gasteiger partial charge in [0, 0.05) is 42.9 Å². The average molecular weight is 375 g/mol. The van der Waals surface area contributed by atoms with Crippen molar-refractivity contribution in [1.82, 2.24) is 20.4 Å². The van der Waals surface area contributed by atoms with Crippen LogP contribution in [0.1, 0.15) is 76.2 Å². The minimum atomic E-state index is -0.445. The van der Waals surface area contributed by atoms with Crippen LogP contribution in [0, 0.1) is 12.3 Å². The van der Waals surface area contributed by atoms with Gasteiger partial charge < -0.3 is 15.4 Å². The number of ether oxygens (including phenoxy) is 1. The van der Waals surface area contributed by atoms with E-state index in [9.17, 15) is 4.79 Å². The number of fused-ring (bicyclic) bond motifs is 4. The Balaban J connectivity index is 1.42. The first-order valence-corrected chi connectivity index (χ1v) is 10.5. The standard InChI is InChI=1S/C21H34N4O2/c1-15-16-13-22-12-5-17(16)25(24-15)14-20-6-9-21(10-7-20,11-8-20)23-18(26)27-19(2,3)4/h22H,5-14H2,1-4H3,(H,23,26). The zero-order chi connectivity index (χ0) is 19.3. The van der Waals surface area contributed by atoms with Crippen molar-refractivity contribution in [2.45, 2.75) is 96.9 Å². The molecule has 3 saturated carbocycles. The number of aromatic nitrogens is 2. The number of alkyl carbamates (subject to hydrolysis) is 1. The summed E-state index contributed by atoms with van der Waals surface area (Å²) in [7, 11) is 0. The topological polar surface area (TPSA) is 68.2 Å². The SMILES string of the molecule is Cc1nn(CC23CCC(NC(=O)OC(C)(C)C)(CC2)CC3)c2c1CNCC2. The summed E-state index contributed by atoms with van der Waals surface area (Å²) in [5.74, 6) is 0. The molecule has 1 aromatic rings. The monoisotopic (exact) mass is 374 g/mol. The molecule has 1 aromatic heterocycles. The van der Waals surface area contributed by atoms with Crippen LogP contribution in [0.5, 0.6) is 0 Å². The Labute approximate surface area is 162 Å². The minimum absolute atomic E-state index is 0.0620. The van der Waals surface area contributed by atoms with Crippen LogP contribution in [0.4, 0.5) is 4.79 Å². The van der Waals surface area contributed by atoms with E-state index in [-0.39, 0.29) is 11.6 Å². The maximum Gasteiger partial charge on any atom is 0.408 e. The number of amides is 1. The van der Waals surface area contributed by atoms with E-state index in [1.807, 2.05) is 20.8 Å². The molecule has 27 heavy (non-hydrogen) atoms. The molecule has 0 spiro atoms. The van der Waals surface area contributed by atoms with Crippen LogP contribution in [-0.2, 0) is 24.2 Å². The van der Waals surface area contributed by atoms with Crippen LogP contribution in [0.25, 0.3) is 0 Å². The first kappa shape index (κ1) is 18.8. The van der Waals surface area contributed by atoms with Crippen LogP contribution in [-0.4, -0.2) is 33.6 Å². The molecule has 5 rings (SSSR count). The Hall–Kier alpha value is -1.56. The number of nitrogens with zero attached hydrogens (tertiary/aromatic N) is 2. The summed E-state index contributed by atoms with van der Waals surface area (Å²) < 4.78 is 7.81. The van der Waals surface area contributed by atoms with Gasteiger partial charge in [0.1, 0.15) is 5.60 Å². The molecule has 1 aliphatic heterocycles. The highest BCUT2D eigenvalue weighted by molar-refractivity contribution is 5.69. The van der Waals surface area contributed by atoms with Gasteiger partial charge in [0.05, 0.1) is 5.69 Å². The second-order valence-corrected chi connectivity index (χ2v) is 10.0. The van der Waals surface area contributed by atoms with Crippen LogP contribution >= 0.6 is 0 Å². The van der Waals surface area contributed by atoms with Gasteiger partial charge in [-0.25, -0.2) is 4.79 Å². The summed E-state index contributed by atoms with van der Waals surface area (Å²) in [5, 5.41) is 11.6. The number of aryl methyl sites for hydroxylation is 1. The Morgan fingerprint density at radius 2 is 1.89 bits per heavy atom. The molecule has 0 saturated heterocycles. The summed E-state index contributed by atoms with van der Waals surface area (Å²) in [6.07, 6.45) is 7.46. The van der Waals surface area contributed by atoms with E-state index in [4.69, 9.17) is 9.84 Å². The quantitative estimate of drug-likeness (QED) is 0.850. The predicted molar refractivity (Wildman–Crippen MR) is 105 cm³/mol. The van der Waals surface area contributed by atoms with Gasteiger partial charge in [0.15, 0.2) is 0 Å². The van der Waals surface area contributed by atoms with E-state index < -0.39 is 5.60 Å². The van der Waals surface area contributed by atoms with Gasteiger partial charge in [-0.3, -0.25) is 4.68 Å². The fourth-order valence-electron chi connectivity index (χ4n) is 5.25. The molecule has 2 heterocycles. The van der Waals surface area contributed by atoms with Crippen molar-refractivity contribution in [2.75, 3.05) is 6.54 Å². The predicted octanol–water partition coefficient (Wildman–Crippen LogP) is 3.45. The van der Waals surface area contributed by atoms with Gasteiger partial charge in [0.25, 0.3) is 0 Å². The lowest BCUT2D eigenvalue weighted by Gasteiger charge is -2.53. The smallest absolute Gasteiger partial charge is 0.408 e. The Morgan fingerprint density at radius 1 is 1.22 bits per heavy atom. The highest BCUT2D eigenvalue weighted by Gasteiger charge is 2.50. The highest BCUT2D eigenvalue weighted by Crippen LogP contribution is 2.53. The fourth-order valence-corrected chi connectivity index (χ4v) is 5.25. The third-order valence-electron chi connectivity index (χ3n) is 6.86. The number of rotatable bonds is 3. The minimum Gasteiger partial charge on any atom is -0.444 e. The third-order valence-corrected chi connectivity index (χ3v) is 6.86. The number of carbonyl (C=O) groups excluding carboxylic acids is 1. The van der Waals surface area contributed by atoms with Gasteiger partial charge in [-0.1, -0.05) is 0 Å². The van der Waals surface area contributed by atoms with E-state index in [1.54, 1.807) is 0 Å². The van der Waals surface area contributed by atoms with Gasteiger partial charge in [-0.15, -0.1) is 0 Å². The zero-order valence-electron chi connectivity index (χ0n) is 17.3. The van der Waals surface area contributed by atoms with Crippen molar-refractivity contribution in [3.63, 3.8) is 0 Å². The van der Waals surface area contributed by atoms with Gasteiger partial charge in [-0.05, 0) is 71.6 Å². The van der Waals surface area contributed by atoms with Crippen molar-refractivity contribution in [3.8, 4) is 0 Å². The number of hydrogen-bond donors (Lipinski definition) is 2. The molecule has 0 atom stereocenters. The Morgan fingerprint density at radius 3 is 2.52 bits per heavy atom. The number of nitrogens with one attached hydrogen (secondary N) is 2.